The Morgan fingerprint density at radius 3 is 2.47 bits per heavy atom. The number of hydrogen-bond acceptors (Lipinski definition) is 7. The Balaban J connectivity index is 1.57. The van der Waals surface area contributed by atoms with Gasteiger partial charge < -0.3 is 10.4 Å². The minimum Gasteiger partial charge on any atom is -0.391 e. The minimum atomic E-state index is -5.34. The van der Waals surface area contributed by atoms with Crippen LogP contribution in [0.3, 0.4) is 0 Å². The normalized spacial score (nSPS) is 23.7. The maximum Gasteiger partial charge on any atom is 0.511 e. The fourth-order valence-electron chi connectivity index (χ4n) is 4.43. The highest BCUT2D eigenvalue weighted by Gasteiger charge is 2.50. The Morgan fingerprint density at radius 1 is 1.19 bits per heavy atom. The Hall–Kier alpha value is -2.25. The lowest BCUT2D eigenvalue weighted by Gasteiger charge is -2.31. The van der Waals surface area contributed by atoms with Gasteiger partial charge in [-0.2, -0.15) is 22.5 Å². The first-order valence-electron chi connectivity index (χ1n) is 10.4. The average molecular weight is 475 g/mol. The standard InChI is InChI=1S/C19H24F3N5O4S/c1-11-9-12-10-23-18(25-16(12)27(17(11)29)14-3-2-4-15(14)28)24-13-5-7-26(8-6-13)32(30,31)19(20,21)22/h9-10,13-15,28H,2-8H2,1H3,(H,23,24,25)/t14-,15-/m0/s1. The maximum absolute atomic E-state index is 12.8. The van der Waals surface area contributed by atoms with Crippen LogP contribution in [0.2, 0.25) is 0 Å². The average Bonchev–Trinajstić information content (AvgIpc) is 3.14. The van der Waals surface area contributed by atoms with E-state index in [0.29, 0.717) is 33.7 Å². The van der Waals surface area contributed by atoms with Crippen molar-refractivity contribution in [1.29, 1.82) is 0 Å². The van der Waals surface area contributed by atoms with Crippen molar-refractivity contribution in [3.05, 3.63) is 28.2 Å². The van der Waals surface area contributed by atoms with Gasteiger partial charge >= 0.3 is 15.5 Å². The third kappa shape index (κ3) is 4.08. The predicted molar refractivity (Wildman–Crippen MR) is 111 cm³/mol. The van der Waals surface area contributed by atoms with Gasteiger partial charge in [-0.15, -0.1) is 0 Å². The fourth-order valence-corrected chi connectivity index (χ4v) is 5.41. The second-order valence-electron chi connectivity index (χ2n) is 8.31. The second kappa shape index (κ2) is 8.27. The van der Waals surface area contributed by atoms with Crippen LogP contribution in [-0.2, 0) is 10.0 Å². The first-order valence-corrected chi connectivity index (χ1v) is 11.8. The molecule has 2 aliphatic rings. The van der Waals surface area contributed by atoms with Crippen LogP contribution in [0.5, 0.6) is 0 Å². The molecule has 0 spiro atoms. The number of sulfonamides is 1. The summed E-state index contributed by atoms with van der Waals surface area (Å²) in [5.41, 5.74) is -4.67. The number of nitrogens with zero attached hydrogens (tertiary/aromatic N) is 4. The molecule has 9 nitrogen and oxygen atoms in total. The summed E-state index contributed by atoms with van der Waals surface area (Å²) in [6.07, 6.45) is 3.25. The molecule has 13 heteroatoms. The largest absolute Gasteiger partial charge is 0.511 e. The van der Waals surface area contributed by atoms with Crippen LogP contribution < -0.4 is 10.9 Å². The molecule has 1 saturated carbocycles. The molecule has 2 aromatic rings. The lowest BCUT2D eigenvalue weighted by Crippen LogP contribution is -2.47. The first-order chi connectivity index (χ1) is 15.0. The Bertz CT molecular complexity index is 1180. The van der Waals surface area contributed by atoms with Gasteiger partial charge in [-0.05, 0) is 45.1 Å². The molecular weight excluding hydrogens is 451 g/mol. The summed E-state index contributed by atoms with van der Waals surface area (Å²) >= 11 is 0. The molecule has 2 N–H and O–H groups in total. The number of hydrogen-bond donors (Lipinski definition) is 2. The number of anilines is 1. The summed E-state index contributed by atoms with van der Waals surface area (Å²) in [6.45, 7) is 1.14. The molecule has 32 heavy (non-hydrogen) atoms. The van der Waals surface area contributed by atoms with Gasteiger partial charge in [-0.3, -0.25) is 9.36 Å². The molecule has 0 bridgehead atoms. The molecule has 1 saturated heterocycles. The number of piperidine rings is 1. The Kier molecular flexibility index (Phi) is 5.92. The van der Waals surface area contributed by atoms with Gasteiger partial charge in [0.25, 0.3) is 5.56 Å². The summed E-state index contributed by atoms with van der Waals surface area (Å²) in [6, 6.07) is 0.970. The quantitative estimate of drug-likeness (QED) is 0.694. The predicted octanol–water partition coefficient (Wildman–Crippen LogP) is 1.91. The zero-order chi connectivity index (χ0) is 23.3. The number of aliphatic hydroxyl groups excluding tert-OH is 1. The van der Waals surface area contributed by atoms with E-state index in [0.717, 1.165) is 6.42 Å². The van der Waals surface area contributed by atoms with E-state index in [-0.39, 0.29) is 49.5 Å². The van der Waals surface area contributed by atoms with E-state index >= 15 is 0 Å². The minimum absolute atomic E-state index is 0.152. The molecule has 0 radical (unpaired) electrons. The molecule has 176 valence electrons. The third-order valence-electron chi connectivity index (χ3n) is 6.15. The number of halogens is 3. The van der Waals surface area contributed by atoms with Crippen LogP contribution in [0.25, 0.3) is 11.0 Å². The van der Waals surface area contributed by atoms with Crippen molar-refractivity contribution in [2.24, 2.45) is 0 Å². The smallest absolute Gasteiger partial charge is 0.391 e. The van der Waals surface area contributed by atoms with E-state index in [2.05, 4.69) is 15.3 Å². The van der Waals surface area contributed by atoms with Crippen molar-refractivity contribution < 1.29 is 26.7 Å². The molecule has 0 amide bonds. The summed E-state index contributed by atoms with van der Waals surface area (Å²) < 4.78 is 63.3. The van der Waals surface area contributed by atoms with E-state index in [1.54, 1.807) is 19.2 Å². The number of aliphatic hydroxyl groups is 1. The number of rotatable bonds is 4. The number of aryl methyl sites for hydroxylation is 1. The van der Waals surface area contributed by atoms with E-state index in [1.807, 2.05) is 0 Å². The van der Waals surface area contributed by atoms with Crippen LogP contribution in [0.1, 0.15) is 43.7 Å². The van der Waals surface area contributed by atoms with Crippen molar-refractivity contribution in [2.45, 2.75) is 62.7 Å². The van der Waals surface area contributed by atoms with Crippen molar-refractivity contribution in [3.8, 4) is 0 Å². The van der Waals surface area contributed by atoms with Crippen molar-refractivity contribution >= 4 is 27.0 Å². The Morgan fingerprint density at radius 2 is 1.88 bits per heavy atom. The van der Waals surface area contributed by atoms with Crippen LogP contribution in [0.4, 0.5) is 19.1 Å². The summed E-state index contributed by atoms with van der Waals surface area (Å²) in [7, 11) is -5.34. The molecule has 3 heterocycles. The third-order valence-corrected chi connectivity index (χ3v) is 7.78. The number of aromatic nitrogens is 3. The number of nitrogens with one attached hydrogen (secondary N) is 1. The van der Waals surface area contributed by atoms with E-state index in [9.17, 15) is 31.5 Å². The van der Waals surface area contributed by atoms with E-state index in [1.165, 1.54) is 4.57 Å². The van der Waals surface area contributed by atoms with Gasteiger partial charge in [0.05, 0.1) is 12.1 Å². The first kappa shape index (κ1) is 22.9. The summed E-state index contributed by atoms with van der Waals surface area (Å²) in [5, 5.41) is 14.0. The van der Waals surface area contributed by atoms with Gasteiger partial charge in [0.2, 0.25) is 5.95 Å². The fraction of sp³-hybridized carbons (Fsp3) is 0.632. The van der Waals surface area contributed by atoms with E-state index in [4.69, 9.17) is 0 Å². The Labute approximate surface area is 182 Å². The van der Waals surface area contributed by atoms with Crippen molar-refractivity contribution in [2.75, 3.05) is 18.4 Å². The highest BCUT2D eigenvalue weighted by Crippen LogP contribution is 2.32. The molecule has 0 unspecified atom stereocenters. The number of pyridine rings is 1. The van der Waals surface area contributed by atoms with Gasteiger partial charge in [0, 0.05) is 36.3 Å². The van der Waals surface area contributed by atoms with Gasteiger partial charge in [-0.1, -0.05) is 0 Å². The second-order valence-corrected chi connectivity index (χ2v) is 10.2. The van der Waals surface area contributed by atoms with Crippen LogP contribution >= 0.6 is 0 Å². The molecule has 2 fully saturated rings. The monoisotopic (exact) mass is 475 g/mol. The van der Waals surface area contributed by atoms with Gasteiger partial charge in [0.1, 0.15) is 5.65 Å². The molecular formula is C19H24F3N5O4S. The van der Waals surface area contributed by atoms with Crippen molar-refractivity contribution in [1.82, 2.24) is 18.8 Å². The molecule has 1 aliphatic heterocycles. The zero-order valence-electron chi connectivity index (χ0n) is 17.3. The topological polar surface area (TPSA) is 117 Å². The lowest BCUT2D eigenvalue weighted by atomic mass is 10.1. The summed E-state index contributed by atoms with van der Waals surface area (Å²) in [4.78, 5) is 21.6. The number of alkyl halides is 3. The molecule has 2 atom stereocenters. The van der Waals surface area contributed by atoms with Crippen molar-refractivity contribution in [3.63, 3.8) is 0 Å². The maximum atomic E-state index is 12.8. The summed E-state index contributed by atoms with van der Waals surface area (Å²) in [5.74, 6) is 0.194. The van der Waals surface area contributed by atoms with Gasteiger partial charge in [-0.25, -0.2) is 13.4 Å². The van der Waals surface area contributed by atoms with E-state index < -0.39 is 21.6 Å². The van der Waals surface area contributed by atoms with Crippen LogP contribution in [-0.4, -0.2) is 63.1 Å². The molecule has 0 aromatic carbocycles. The highest BCUT2D eigenvalue weighted by atomic mass is 32.2. The number of fused-ring (bicyclic) bond motifs is 1. The molecule has 2 aromatic heterocycles. The molecule has 4 rings (SSSR count). The molecule has 1 aliphatic carbocycles. The SMILES string of the molecule is Cc1cc2cnc(NC3CCN(S(=O)(=O)C(F)(F)F)CC3)nc2n([C@H]2CCC[C@@H]2O)c1=O. The lowest BCUT2D eigenvalue weighted by molar-refractivity contribution is -0.0494. The van der Waals surface area contributed by atoms with Crippen LogP contribution in [0, 0.1) is 6.92 Å². The highest BCUT2D eigenvalue weighted by molar-refractivity contribution is 7.90. The van der Waals surface area contributed by atoms with Gasteiger partial charge in [0.15, 0.2) is 0 Å². The van der Waals surface area contributed by atoms with Crippen LogP contribution in [0.15, 0.2) is 17.1 Å². The zero-order valence-corrected chi connectivity index (χ0v) is 18.2.